The van der Waals surface area contributed by atoms with Crippen LogP contribution >= 0.6 is 11.8 Å². The Balaban J connectivity index is 1.15. The Labute approximate surface area is 205 Å². The second-order valence-corrected chi connectivity index (χ2v) is 9.39. The third-order valence-electron chi connectivity index (χ3n) is 6.06. The number of anilines is 1. The number of nitrogens with zero attached hydrogens (tertiary/aromatic N) is 3. The number of thioether (sulfide) groups is 1. The molecule has 0 unspecified atom stereocenters. The Bertz CT molecular complexity index is 1260. The van der Waals surface area contributed by atoms with Crippen molar-refractivity contribution in [1.82, 2.24) is 25.6 Å². The molecular formula is C24H23FN6O3S. The molecule has 0 radical (unpaired) electrons. The van der Waals surface area contributed by atoms with Crippen LogP contribution in [0.4, 0.5) is 15.1 Å². The number of carbonyl (C=O) groups is 2. The average Bonchev–Trinajstić information content (AvgIpc) is 3.49. The van der Waals surface area contributed by atoms with Crippen molar-refractivity contribution in [3.8, 4) is 11.1 Å². The van der Waals surface area contributed by atoms with Crippen LogP contribution < -0.4 is 16.0 Å². The number of pyridine rings is 1. The zero-order valence-electron chi connectivity index (χ0n) is 18.7. The zero-order valence-corrected chi connectivity index (χ0v) is 19.5. The normalized spacial score (nSPS) is 21.3. The lowest BCUT2D eigenvalue weighted by Gasteiger charge is -2.30. The van der Waals surface area contributed by atoms with Crippen molar-refractivity contribution in [1.29, 1.82) is 0 Å². The van der Waals surface area contributed by atoms with E-state index >= 15 is 0 Å². The smallest absolute Gasteiger partial charge is 0.290 e. The summed E-state index contributed by atoms with van der Waals surface area (Å²) in [5, 5.41) is 8.68. The Morgan fingerprint density at radius 3 is 2.66 bits per heavy atom. The van der Waals surface area contributed by atoms with Crippen molar-refractivity contribution in [3.63, 3.8) is 0 Å². The minimum absolute atomic E-state index is 0.207. The number of hydrogen-bond acceptors (Lipinski definition) is 9. The molecule has 0 spiro atoms. The van der Waals surface area contributed by atoms with Crippen LogP contribution in [0.25, 0.3) is 17.2 Å². The summed E-state index contributed by atoms with van der Waals surface area (Å²) in [5.41, 5.74) is 2.69. The molecule has 1 aliphatic heterocycles. The van der Waals surface area contributed by atoms with Gasteiger partial charge in [0.05, 0.1) is 23.1 Å². The van der Waals surface area contributed by atoms with Gasteiger partial charge in [-0.25, -0.2) is 15.0 Å². The molecule has 0 aromatic carbocycles. The molecular weight excluding hydrogens is 471 g/mol. The standard InChI is InChI=1S/C24H23FN6O3S/c25-21-19(18(6-9-26-21)14-7-10-34-13-14)12-28-15-1-3-16(4-2-15)29-23-27-8-5-17(30-23)11-20-22(32)31-24(33)35-20/h5-11,13,15-16,28H,1-4,12H2,(H,27,29,30)(H,31,32,33). The lowest BCUT2D eigenvalue weighted by molar-refractivity contribution is -0.115. The van der Waals surface area contributed by atoms with Crippen LogP contribution in [0.1, 0.15) is 36.9 Å². The maximum Gasteiger partial charge on any atom is 0.290 e. The molecule has 2 amide bonds. The summed E-state index contributed by atoms with van der Waals surface area (Å²) in [6.07, 6.45) is 11.5. The van der Waals surface area contributed by atoms with Crippen LogP contribution in [0.15, 0.2) is 52.4 Å². The van der Waals surface area contributed by atoms with Gasteiger partial charge < -0.3 is 15.1 Å². The van der Waals surface area contributed by atoms with Gasteiger partial charge in [0.1, 0.15) is 0 Å². The Morgan fingerprint density at radius 1 is 1.11 bits per heavy atom. The summed E-state index contributed by atoms with van der Waals surface area (Å²) in [4.78, 5) is 35.9. The van der Waals surface area contributed by atoms with Crippen LogP contribution in [0.3, 0.4) is 0 Å². The molecule has 3 aromatic rings. The van der Waals surface area contributed by atoms with Gasteiger partial charge in [0.25, 0.3) is 11.1 Å². The van der Waals surface area contributed by atoms with Crippen molar-refractivity contribution >= 4 is 34.9 Å². The van der Waals surface area contributed by atoms with Crippen molar-refractivity contribution in [3.05, 3.63) is 65.2 Å². The molecule has 180 valence electrons. The quantitative estimate of drug-likeness (QED) is 0.329. The summed E-state index contributed by atoms with van der Waals surface area (Å²) in [7, 11) is 0. The number of furan rings is 1. The molecule has 4 heterocycles. The summed E-state index contributed by atoms with van der Waals surface area (Å²) < 4.78 is 19.6. The highest BCUT2D eigenvalue weighted by atomic mass is 32.2. The van der Waals surface area contributed by atoms with E-state index in [2.05, 4.69) is 30.9 Å². The summed E-state index contributed by atoms with van der Waals surface area (Å²) in [6, 6.07) is 5.76. The molecule has 0 bridgehead atoms. The van der Waals surface area contributed by atoms with Gasteiger partial charge in [-0.1, -0.05) is 0 Å². The van der Waals surface area contributed by atoms with E-state index in [4.69, 9.17) is 4.42 Å². The summed E-state index contributed by atoms with van der Waals surface area (Å²) in [6.45, 7) is 0.386. The molecule has 1 saturated carbocycles. The third-order valence-corrected chi connectivity index (χ3v) is 6.87. The monoisotopic (exact) mass is 494 g/mol. The maximum absolute atomic E-state index is 14.5. The van der Waals surface area contributed by atoms with Crippen molar-refractivity contribution < 1.29 is 18.4 Å². The number of hydrogen-bond donors (Lipinski definition) is 3. The van der Waals surface area contributed by atoms with Crippen LogP contribution in [0.2, 0.25) is 0 Å². The molecule has 2 fully saturated rings. The molecule has 11 heteroatoms. The predicted molar refractivity (Wildman–Crippen MR) is 130 cm³/mol. The van der Waals surface area contributed by atoms with Gasteiger partial charge in [-0.05, 0) is 67.3 Å². The van der Waals surface area contributed by atoms with Gasteiger partial charge >= 0.3 is 0 Å². The Kier molecular flexibility index (Phi) is 6.87. The highest BCUT2D eigenvalue weighted by Crippen LogP contribution is 2.27. The van der Waals surface area contributed by atoms with E-state index in [0.29, 0.717) is 28.7 Å². The predicted octanol–water partition coefficient (Wildman–Crippen LogP) is 4.11. The lowest BCUT2D eigenvalue weighted by atomic mass is 9.91. The second-order valence-electron chi connectivity index (χ2n) is 8.37. The fourth-order valence-electron chi connectivity index (χ4n) is 4.27. The first kappa shape index (κ1) is 23.2. The average molecular weight is 495 g/mol. The number of nitrogens with one attached hydrogen (secondary N) is 3. The van der Waals surface area contributed by atoms with Gasteiger partial charge in [0.2, 0.25) is 11.9 Å². The van der Waals surface area contributed by atoms with Crippen LogP contribution in [0, 0.1) is 5.95 Å². The van der Waals surface area contributed by atoms with E-state index < -0.39 is 11.9 Å². The van der Waals surface area contributed by atoms with Crippen LogP contribution in [-0.4, -0.2) is 38.2 Å². The first-order valence-electron chi connectivity index (χ1n) is 11.3. The summed E-state index contributed by atoms with van der Waals surface area (Å²) >= 11 is 0.856. The molecule has 3 aromatic heterocycles. The Hall–Kier alpha value is -3.57. The maximum atomic E-state index is 14.5. The van der Waals surface area contributed by atoms with Gasteiger partial charge in [-0.15, -0.1) is 0 Å². The number of halogens is 1. The topological polar surface area (TPSA) is 122 Å². The number of imide groups is 1. The number of carbonyl (C=O) groups excluding carboxylic acids is 2. The molecule has 3 N–H and O–H groups in total. The van der Waals surface area contributed by atoms with E-state index in [9.17, 15) is 14.0 Å². The minimum atomic E-state index is -0.476. The van der Waals surface area contributed by atoms with Gasteiger partial charge in [-0.3, -0.25) is 14.9 Å². The van der Waals surface area contributed by atoms with Crippen molar-refractivity contribution in [2.45, 2.75) is 44.3 Å². The fraction of sp³-hybridized carbons (Fsp3) is 0.292. The first-order chi connectivity index (χ1) is 17.0. The van der Waals surface area contributed by atoms with E-state index in [1.165, 1.54) is 6.20 Å². The largest absolute Gasteiger partial charge is 0.472 e. The van der Waals surface area contributed by atoms with E-state index in [1.54, 1.807) is 36.9 Å². The molecule has 1 saturated heterocycles. The molecule has 1 aliphatic carbocycles. The van der Waals surface area contributed by atoms with Gasteiger partial charge in [0, 0.05) is 42.1 Å². The van der Waals surface area contributed by atoms with Gasteiger partial charge in [-0.2, -0.15) is 4.39 Å². The Morgan fingerprint density at radius 2 is 1.91 bits per heavy atom. The SMILES string of the molecule is O=C1NC(=O)C(=Cc2ccnc(NC3CCC(NCc4c(-c5ccoc5)ccnc4F)CC3)n2)S1. The molecule has 2 aliphatic rings. The van der Waals surface area contributed by atoms with Crippen molar-refractivity contribution in [2.24, 2.45) is 0 Å². The summed E-state index contributed by atoms with van der Waals surface area (Å²) in [5.74, 6) is -0.411. The zero-order chi connectivity index (χ0) is 24.2. The molecule has 0 atom stereocenters. The molecule has 35 heavy (non-hydrogen) atoms. The number of rotatable bonds is 7. The fourth-order valence-corrected chi connectivity index (χ4v) is 4.94. The van der Waals surface area contributed by atoms with E-state index in [-0.39, 0.29) is 17.3 Å². The number of amides is 2. The van der Waals surface area contributed by atoms with Crippen molar-refractivity contribution in [2.75, 3.05) is 5.32 Å². The van der Waals surface area contributed by atoms with E-state index in [0.717, 1.165) is 48.6 Å². The first-order valence-corrected chi connectivity index (χ1v) is 12.1. The number of aromatic nitrogens is 3. The van der Waals surface area contributed by atoms with E-state index in [1.807, 2.05) is 6.07 Å². The molecule has 9 nitrogen and oxygen atoms in total. The minimum Gasteiger partial charge on any atom is -0.472 e. The van der Waals surface area contributed by atoms with Gasteiger partial charge in [0.15, 0.2) is 0 Å². The molecule has 5 rings (SSSR count). The van der Waals surface area contributed by atoms with Crippen LogP contribution in [-0.2, 0) is 11.3 Å². The lowest BCUT2D eigenvalue weighted by Crippen LogP contribution is -2.37. The van der Waals surface area contributed by atoms with Crippen LogP contribution in [0.5, 0.6) is 0 Å². The highest BCUT2D eigenvalue weighted by molar-refractivity contribution is 8.18. The highest BCUT2D eigenvalue weighted by Gasteiger charge is 2.26. The second kappa shape index (κ2) is 10.4. The third kappa shape index (κ3) is 5.57.